The maximum absolute atomic E-state index is 12.4. The number of quaternary nitrogens is 2. The quantitative estimate of drug-likeness (QED) is 0.364. The SMILES string of the molecule is CCc1cc(C[N+]23CCN4CC[N+]5(Cc6cc(CC)cc(C(=O)OC)n6)CCN(CC2)C5C43)nc(C(=O)OC)c1. The van der Waals surface area contributed by atoms with E-state index in [-0.39, 0.29) is 11.9 Å². The number of carbonyl (C=O) groups excluding carboxylic acids is 2. The Morgan fingerprint density at radius 1 is 0.725 bits per heavy atom. The van der Waals surface area contributed by atoms with Crippen LogP contribution < -0.4 is 0 Å². The summed E-state index contributed by atoms with van der Waals surface area (Å²) in [6, 6.07) is 8.09. The van der Waals surface area contributed by atoms with Crippen LogP contribution in [-0.2, 0) is 35.4 Å². The van der Waals surface area contributed by atoms with Gasteiger partial charge in [-0.05, 0) is 48.2 Å². The average Bonchev–Trinajstić information content (AvgIpc) is 3.53. The number of aryl methyl sites for hydroxylation is 2. The normalized spacial score (nSPS) is 29.3. The second-order valence-corrected chi connectivity index (χ2v) is 11.9. The minimum Gasteiger partial charge on any atom is -0.464 e. The molecule has 0 radical (unpaired) electrons. The van der Waals surface area contributed by atoms with E-state index in [0.717, 1.165) is 110 Å². The van der Waals surface area contributed by atoms with Crippen molar-refractivity contribution in [1.29, 1.82) is 0 Å². The third-order valence-electron chi connectivity index (χ3n) is 9.90. The monoisotopic (exact) mass is 550 g/mol. The molecule has 0 aliphatic carbocycles. The number of hydrogen-bond acceptors (Lipinski definition) is 8. The zero-order valence-corrected chi connectivity index (χ0v) is 24.3. The fourth-order valence-corrected chi connectivity index (χ4v) is 7.89. The first kappa shape index (κ1) is 27.3. The van der Waals surface area contributed by atoms with E-state index < -0.39 is 0 Å². The van der Waals surface area contributed by atoms with Crippen molar-refractivity contribution in [2.45, 2.75) is 52.1 Å². The summed E-state index contributed by atoms with van der Waals surface area (Å²) in [6.45, 7) is 14.5. The Bertz CT molecular complexity index is 1220. The number of piperazine rings is 2. The van der Waals surface area contributed by atoms with Gasteiger partial charge in [-0.3, -0.25) is 8.97 Å². The van der Waals surface area contributed by atoms with Crippen molar-refractivity contribution in [3.05, 3.63) is 58.2 Å². The molecular formula is C30H42N6O4+2. The molecular weight excluding hydrogens is 508 g/mol. The van der Waals surface area contributed by atoms with Crippen molar-refractivity contribution >= 4 is 11.9 Å². The molecule has 2 aromatic rings. The first-order valence-electron chi connectivity index (χ1n) is 14.7. The number of hydrogen-bond donors (Lipinski definition) is 0. The van der Waals surface area contributed by atoms with Gasteiger partial charge >= 0.3 is 11.9 Å². The largest absolute Gasteiger partial charge is 0.464 e. The highest BCUT2D eigenvalue weighted by molar-refractivity contribution is 5.87. The first-order valence-corrected chi connectivity index (χ1v) is 14.7. The molecule has 6 rings (SSSR count). The van der Waals surface area contributed by atoms with E-state index >= 15 is 0 Å². The van der Waals surface area contributed by atoms with Crippen molar-refractivity contribution in [2.24, 2.45) is 0 Å². The molecule has 0 N–H and O–H groups in total. The maximum Gasteiger partial charge on any atom is 0.356 e. The Balaban J connectivity index is 1.34. The molecule has 214 valence electrons. The van der Waals surface area contributed by atoms with Gasteiger partial charge in [-0.1, -0.05) is 13.8 Å². The molecule has 4 fully saturated rings. The van der Waals surface area contributed by atoms with Crippen LogP contribution in [0.1, 0.15) is 57.3 Å². The number of rotatable bonds is 8. The molecule has 2 atom stereocenters. The van der Waals surface area contributed by atoms with Gasteiger partial charge in [0.2, 0.25) is 12.3 Å². The summed E-state index contributed by atoms with van der Waals surface area (Å²) < 4.78 is 12.0. The molecule has 4 aliphatic rings. The van der Waals surface area contributed by atoms with Crippen LogP contribution in [0.15, 0.2) is 24.3 Å². The van der Waals surface area contributed by atoms with Gasteiger partial charge in [-0.25, -0.2) is 29.4 Å². The second-order valence-electron chi connectivity index (χ2n) is 11.9. The number of ether oxygens (including phenoxy) is 2. The van der Waals surface area contributed by atoms with Gasteiger partial charge < -0.3 is 9.47 Å². The number of esters is 2. The molecule has 0 aromatic carbocycles. The minimum absolute atomic E-state index is 0.369. The fourth-order valence-electron chi connectivity index (χ4n) is 7.89. The lowest BCUT2D eigenvalue weighted by Gasteiger charge is -2.56. The summed E-state index contributed by atoms with van der Waals surface area (Å²) in [5.74, 6) is -0.747. The molecule has 0 spiro atoms. The Morgan fingerprint density at radius 3 is 1.43 bits per heavy atom. The van der Waals surface area contributed by atoms with Crippen LogP contribution in [0, 0.1) is 0 Å². The highest BCUT2D eigenvalue weighted by Crippen LogP contribution is 2.44. The molecule has 0 bridgehead atoms. The summed E-state index contributed by atoms with van der Waals surface area (Å²) in [6.07, 6.45) is 2.44. The molecule has 10 heteroatoms. The summed E-state index contributed by atoms with van der Waals surface area (Å²) in [5.41, 5.74) is 5.02. The molecule has 0 saturated carbocycles. The Hall–Kier alpha value is -2.92. The lowest BCUT2D eigenvalue weighted by atomic mass is 10.0. The van der Waals surface area contributed by atoms with E-state index in [4.69, 9.17) is 19.4 Å². The summed E-state index contributed by atoms with van der Waals surface area (Å²) in [4.78, 5) is 39.8. The third kappa shape index (κ3) is 4.51. The molecule has 0 amide bonds. The average molecular weight is 551 g/mol. The van der Waals surface area contributed by atoms with Gasteiger partial charge in [-0.2, -0.15) is 0 Å². The topological polar surface area (TPSA) is 84.9 Å². The van der Waals surface area contributed by atoms with Gasteiger partial charge in [0.05, 0.1) is 78.0 Å². The predicted molar refractivity (Wildman–Crippen MR) is 148 cm³/mol. The zero-order chi connectivity index (χ0) is 28.1. The molecule has 4 saturated heterocycles. The standard InChI is InChI=1S/C30H42N6O4/c1-5-21-15-23(31-25(17-21)29(37)39-3)19-35-11-7-33-10-14-36(12-8-34(9-13-35)28(36)27(33)35)20-24-16-22(6-2)18-26(32-24)30(38)40-4/h15-18,27-28H,5-14,19-20H2,1-4H3/q+2. The fraction of sp³-hybridized carbons (Fsp3) is 0.600. The summed E-state index contributed by atoms with van der Waals surface area (Å²) >= 11 is 0. The number of carbonyl (C=O) groups is 2. The molecule has 2 aromatic heterocycles. The van der Waals surface area contributed by atoms with Crippen LogP contribution in [0.25, 0.3) is 0 Å². The van der Waals surface area contributed by atoms with Crippen LogP contribution in [0.2, 0.25) is 0 Å². The second kappa shape index (κ2) is 10.5. The number of nitrogens with zero attached hydrogens (tertiary/aromatic N) is 6. The van der Waals surface area contributed by atoms with Crippen molar-refractivity contribution in [1.82, 2.24) is 19.8 Å². The Labute approximate surface area is 236 Å². The highest BCUT2D eigenvalue weighted by atomic mass is 16.5. The van der Waals surface area contributed by atoms with Gasteiger partial charge in [0.1, 0.15) is 24.5 Å². The third-order valence-corrected chi connectivity index (χ3v) is 9.90. The van der Waals surface area contributed by atoms with Crippen LogP contribution in [0.5, 0.6) is 0 Å². The molecule has 4 aliphatic heterocycles. The summed E-state index contributed by atoms with van der Waals surface area (Å²) in [7, 11) is 2.83. The lowest BCUT2D eigenvalue weighted by Crippen LogP contribution is -2.77. The van der Waals surface area contributed by atoms with Crippen LogP contribution in [0.4, 0.5) is 0 Å². The molecule has 40 heavy (non-hydrogen) atoms. The maximum atomic E-state index is 12.4. The zero-order valence-electron chi connectivity index (χ0n) is 24.3. The van der Waals surface area contributed by atoms with Crippen molar-refractivity contribution in [3.8, 4) is 0 Å². The van der Waals surface area contributed by atoms with Gasteiger partial charge in [0.15, 0.2) is 0 Å². The van der Waals surface area contributed by atoms with E-state index in [2.05, 4.69) is 35.8 Å². The number of pyridine rings is 2. The number of aromatic nitrogens is 2. The van der Waals surface area contributed by atoms with Crippen molar-refractivity contribution in [3.63, 3.8) is 0 Å². The van der Waals surface area contributed by atoms with Crippen LogP contribution in [0.3, 0.4) is 0 Å². The van der Waals surface area contributed by atoms with E-state index in [1.54, 1.807) is 0 Å². The van der Waals surface area contributed by atoms with Crippen molar-refractivity contribution < 1.29 is 28.0 Å². The predicted octanol–water partition coefficient (Wildman–Crippen LogP) is 1.82. The first-order chi connectivity index (χ1) is 19.3. The molecule has 10 nitrogen and oxygen atoms in total. The Kier molecular flexibility index (Phi) is 7.14. The molecule has 2 unspecified atom stereocenters. The molecule has 6 heterocycles. The van der Waals surface area contributed by atoms with Crippen LogP contribution >= 0.6 is 0 Å². The van der Waals surface area contributed by atoms with E-state index in [1.165, 1.54) is 14.2 Å². The van der Waals surface area contributed by atoms with E-state index in [1.807, 2.05) is 12.1 Å². The minimum atomic E-state index is -0.373. The van der Waals surface area contributed by atoms with Gasteiger partial charge in [0, 0.05) is 0 Å². The Morgan fingerprint density at radius 2 is 1.10 bits per heavy atom. The van der Waals surface area contributed by atoms with E-state index in [9.17, 15) is 9.59 Å². The number of methoxy groups -OCH3 is 2. The van der Waals surface area contributed by atoms with Crippen LogP contribution in [-0.4, -0.2) is 120 Å². The van der Waals surface area contributed by atoms with E-state index in [0.29, 0.717) is 23.7 Å². The smallest absolute Gasteiger partial charge is 0.356 e. The summed E-state index contributed by atoms with van der Waals surface area (Å²) in [5, 5.41) is 0. The van der Waals surface area contributed by atoms with Crippen molar-refractivity contribution in [2.75, 3.05) is 66.6 Å². The highest BCUT2D eigenvalue weighted by Gasteiger charge is 2.67. The van der Waals surface area contributed by atoms with Gasteiger partial charge in [0.25, 0.3) is 0 Å². The lowest BCUT2D eigenvalue weighted by molar-refractivity contribution is -1.04. The van der Waals surface area contributed by atoms with Gasteiger partial charge in [-0.15, -0.1) is 0 Å².